The first-order valence-corrected chi connectivity index (χ1v) is 12.3. The molecule has 0 aliphatic rings. The van der Waals surface area contributed by atoms with Crippen molar-refractivity contribution in [2.24, 2.45) is 7.05 Å². The van der Waals surface area contributed by atoms with E-state index in [4.69, 9.17) is 30.5 Å². The third-order valence-corrected chi connectivity index (χ3v) is 5.48. The molecule has 0 aliphatic heterocycles. The van der Waals surface area contributed by atoms with Gasteiger partial charge in [0.1, 0.15) is 35.0 Å². The summed E-state index contributed by atoms with van der Waals surface area (Å²) in [5.74, 6) is -0.415. The van der Waals surface area contributed by atoms with Crippen LogP contribution in [0.3, 0.4) is 0 Å². The van der Waals surface area contributed by atoms with Gasteiger partial charge in [0.25, 0.3) is 11.2 Å². The Hall–Kier alpha value is -4.58. The second kappa shape index (κ2) is 12.5. The number of hydrogen-bond acceptors (Lipinski definition) is 9. The third kappa shape index (κ3) is 7.73. The fourth-order valence-electron chi connectivity index (χ4n) is 3.47. The maximum atomic E-state index is 12.4. The van der Waals surface area contributed by atoms with Gasteiger partial charge in [0, 0.05) is 47.6 Å². The zero-order valence-corrected chi connectivity index (χ0v) is 23.2. The van der Waals surface area contributed by atoms with Crippen LogP contribution in [-0.4, -0.2) is 47.4 Å². The van der Waals surface area contributed by atoms with Crippen LogP contribution >= 0.6 is 11.6 Å². The summed E-state index contributed by atoms with van der Waals surface area (Å²) >= 11 is 6.05. The number of carbonyl (C=O) groups is 2. The number of nitro groups is 1. The van der Waals surface area contributed by atoms with Crippen molar-refractivity contribution in [3.63, 3.8) is 0 Å². The van der Waals surface area contributed by atoms with E-state index in [1.54, 1.807) is 20.8 Å². The minimum Gasteiger partial charge on any atom is -0.491 e. The normalized spacial score (nSPS) is 10.9. The number of rotatable bonds is 9. The van der Waals surface area contributed by atoms with Crippen LogP contribution in [0.25, 0.3) is 11.1 Å². The van der Waals surface area contributed by atoms with Gasteiger partial charge in [0.05, 0.1) is 18.6 Å². The van der Waals surface area contributed by atoms with E-state index in [-0.39, 0.29) is 57.8 Å². The fraction of sp³-hybridized carbons (Fsp3) is 0.296. The lowest BCUT2D eigenvalue weighted by Crippen LogP contribution is -2.34. The van der Waals surface area contributed by atoms with Crippen LogP contribution in [-0.2, 0) is 16.5 Å². The molecule has 1 aromatic heterocycles. The van der Waals surface area contributed by atoms with E-state index in [1.807, 2.05) is 0 Å². The molecular formula is C27H28ClN3O9. The number of pyridine rings is 1. The monoisotopic (exact) mass is 573 g/mol. The number of aryl methyl sites for hydroxylation is 1. The summed E-state index contributed by atoms with van der Waals surface area (Å²) in [7, 11) is 2.71. The van der Waals surface area contributed by atoms with E-state index in [9.17, 15) is 24.5 Å². The van der Waals surface area contributed by atoms with E-state index in [1.165, 1.54) is 67.4 Å². The molecule has 40 heavy (non-hydrogen) atoms. The molecule has 0 unspecified atom stereocenters. The molecule has 3 aromatic rings. The maximum Gasteiger partial charge on any atom is 0.407 e. The highest BCUT2D eigenvalue weighted by Crippen LogP contribution is 2.41. The lowest BCUT2D eigenvalue weighted by atomic mass is 10.0. The van der Waals surface area contributed by atoms with Gasteiger partial charge >= 0.3 is 12.1 Å². The highest BCUT2D eigenvalue weighted by Gasteiger charge is 2.22. The van der Waals surface area contributed by atoms with E-state index in [0.29, 0.717) is 0 Å². The van der Waals surface area contributed by atoms with Gasteiger partial charge in [-0.25, -0.2) is 9.59 Å². The molecular weight excluding hydrogens is 546 g/mol. The largest absolute Gasteiger partial charge is 0.491 e. The number of amides is 1. The number of nitro benzene ring substituents is 1. The average molecular weight is 574 g/mol. The summed E-state index contributed by atoms with van der Waals surface area (Å²) in [4.78, 5) is 47.7. The molecule has 0 saturated heterocycles. The van der Waals surface area contributed by atoms with Crippen molar-refractivity contribution in [3.8, 4) is 28.4 Å². The SMILES string of the molecule is COC(=O)c1cc(Cl)ccc1Oc1ccc([N+](=O)[O-])cc1-c1cn(C)c(=O)cc1OCCNC(=O)OC(C)(C)C. The lowest BCUT2D eigenvalue weighted by molar-refractivity contribution is -0.384. The first-order valence-electron chi connectivity index (χ1n) is 11.9. The molecule has 2 aromatic carbocycles. The van der Waals surface area contributed by atoms with Crippen molar-refractivity contribution in [3.05, 3.63) is 79.7 Å². The molecule has 1 N–H and O–H groups in total. The van der Waals surface area contributed by atoms with E-state index >= 15 is 0 Å². The van der Waals surface area contributed by atoms with Crippen molar-refractivity contribution in [1.82, 2.24) is 9.88 Å². The van der Waals surface area contributed by atoms with Crippen molar-refractivity contribution < 1.29 is 33.5 Å². The van der Waals surface area contributed by atoms with Gasteiger partial charge in [0.2, 0.25) is 0 Å². The number of nitrogens with zero attached hydrogens (tertiary/aromatic N) is 2. The van der Waals surface area contributed by atoms with Gasteiger partial charge in [-0.05, 0) is 45.0 Å². The Morgan fingerprint density at radius 1 is 1.05 bits per heavy atom. The Bertz CT molecular complexity index is 1500. The van der Waals surface area contributed by atoms with Crippen LogP contribution in [0.4, 0.5) is 10.5 Å². The summed E-state index contributed by atoms with van der Waals surface area (Å²) in [6, 6.07) is 9.41. The Balaban J connectivity index is 2.02. The minimum absolute atomic E-state index is 0.0319. The Morgan fingerprint density at radius 3 is 2.40 bits per heavy atom. The number of methoxy groups -OCH3 is 1. The molecule has 0 aliphatic carbocycles. The molecule has 0 bridgehead atoms. The van der Waals surface area contributed by atoms with Crippen LogP contribution in [0, 0.1) is 10.1 Å². The predicted molar refractivity (Wildman–Crippen MR) is 146 cm³/mol. The molecule has 212 valence electrons. The van der Waals surface area contributed by atoms with Gasteiger partial charge < -0.3 is 28.8 Å². The van der Waals surface area contributed by atoms with E-state index in [2.05, 4.69) is 5.32 Å². The molecule has 0 atom stereocenters. The standard InChI is InChI=1S/C27H28ClN3O9/c1-27(2,3)40-26(34)29-10-11-38-23-14-24(32)30(4)15-20(23)18-13-17(31(35)36)7-9-21(18)39-22-8-6-16(28)12-19(22)25(33)37-5/h6-9,12-15H,10-11H2,1-5H3,(H,29,34). The van der Waals surface area contributed by atoms with Crippen LogP contribution in [0.2, 0.25) is 5.02 Å². The topological polar surface area (TPSA) is 148 Å². The zero-order chi connectivity index (χ0) is 29.6. The number of aromatic nitrogens is 1. The molecule has 12 nitrogen and oxygen atoms in total. The van der Waals surface area contributed by atoms with Gasteiger partial charge in [0.15, 0.2) is 0 Å². The van der Waals surface area contributed by atoms with Crippen LogP contribution in [0.5, 0.6) is 17.2 Å². The molecule has 3 rings (SSSR count). The number of alkyl carbamates (subject to hydrolysis) is 1. The van der Waals surface area contributed by atoms with Gasteiger partial charge in [-0.15, -0.1) is 0 Å². The number of ether oxygens (including phenoxy) is 4. The predicted octanol–water partition coefficient (Wildman–Crippen LogP) is 5.10. The van der Waals surface area contributed by atoms with Crippen molar-refractivity contribution in [2.45, 2.75) is 26.4 Å². The first kappa shape index (κ1) is 30.0. The molecule has 0 saturated carbocycles. The lowest BCUT2D eigenvalue weighted by Gasteiger charge is -2.20. The molecule has 1 amide bonds. The van der Waals surface area contributed by atoms with Crippen LogP contribution in [0.1, 0.15) is 31.1 Å². The number of benzene rings is 2. The first-order chi connectivity index (χ1) is 18.8. The molecule has 0 radical (unpaired) electrons. The summed E-state index contributed by atoms with van der Waals surface area (Å²) < 4.78 is 23.1. The number of nitrogens with one attached hydrogen (secondary N) is 1. The van der Waals surface area contributed by atoms with Gasteiger partial charge in [-0.2, -0.15) is 0 Å². The van der Waals surface area contributed by atoms with E-state index in [0.717, 1.165) is 0 Å². The number of non-ortho nitro benzene ring substituents is 1. The maximum absolute atomic E-state index is 12.4. The number of halogens is 1. The summed E-state index contributed by atoms with van der Waals surface area (Å²) in [6.45, 7) is 5.19. The quantitative estimate of drug-likeness (QED) is 0.160. The zero-order valence-electron chi connectivity index (χ0n) is 22.5. The van der Waals surface area contributed by atoms with E-state index < -0.39 is 28.1 Å². The average Bonchev–Trinajstić information content (AvgIpc) is 2.88. The highest BCUT2D eigenvalue weighted by molar-refractivity contribution is 6.31. The van der Waals surface area contributed by atoms with Gasteiger partial charge in [-0.3, -0.25) is 14.9 Å². The number of carbonyl (C=O) groups excluding carboxylic acids is 2. The van der Waals surface area contributed by atoms with Crippen molar-refractivity contribution in [2.75, 3.05) is 20.3 Å². The Kier molecular flexibility index (Phi) is 9.38. The van der Waals surface area contributed by atoms with Crippen molar-refractivity contribution >= 4 is 29.4 Å². The minimum atomic E-state index is -0.704. The van der Waals surface area contributed by atoms with Crippen LogP contribution < -0.4 is 20.3 Å². The Morgan fingerprint density at radius 2 is 1.75 bits per heavy atom. The molecule has 0 fully saturated rings. The molecule has 0 spiro atoms. The second-order valence-corrected chi connectivity index (χ2v) is 9.89. The van der Waals surface area contributed by atoms with Gasteiger partial charge in [-0.1, -0.05) is 11.6 Å². The Labute approximate surface area is 234 Å². The van der Waals surface area contributed by atoms with Crippen LogP contribution in [0.15, 0.2) is 53.5 Å². The number of hydrogen-bond donors (Lipinski definition) is 1. The van der Waals surface area contributed by atoms with Crippen molar-refractivity contribution in [1.29, 1.82) is 0 Å². The summed E-state index contributed by atoms with van der Waals surface area (Å²) in [5.41, 5.74) is -0.822. The second-order valence-electron chi connectivity index (χ2n) is 9.45. The highest BCUT2D eigenvalue weighted by atomic mass is 35.5. The molecule has 1 heterocycles. The molecule has 13 heteroatoms. The number of esters is 1. The smallest absolute Gasteiger partial charge is 0.407 e. The summed E-state index contributed by atoms with van der Waals surface area (Å²) in [5, 5.41) is 14.4. The fourth-order valence-corrected chi connectivity index (χ4v) is 3.64. The third-order valence-electron chi connectivity index (χ3n) is 5.25. The summed E-state index contributed by atoms with van der Waals surface area (Å²) in [6.07, 6.45) is 0.799.